The van der Waals surface area contributed by atoms with E-state index in [0.29, 0.717) is 12.2 Å². The minimum atomic E-state index is -0.104. The van der Waals surface area contributed by atoms with E-state index in [9.17, 15) is 4.79 Å². The van der Waals surface area contributed by atoms with Crippen LogP contribution in [0.4, 0.5) is 0 Å². The van der Waals surface area contributed by atoms with Gasteiger partial charge in [-0.3, -0.25) is 4.79 Å². The van der Waals surface area contributed by atoms with E-state index in [1.54, 1.807) is 41.6 Å². The topological polar surface area (TPSA) is 46.1 Å². The number of rotatable bonds is 3. The molecule has 0 aliphatic carbocycles. The van der Waals surface area contributed by atoms with E-state index in [1.807, 2.05) is 12.3 Å². The van der Waals surface area contributed by atoms with Gasteiger partial charge in [0, 0.05) is 23.1 Å². The third-order valence-corrected chi connectivity index (χ3v) is 3.65. The van der Waals surface area contributed by atoms with Gasteiger partial charge in [-0.25, -0.2) is 9.97 Å². The van der Waals surface area contributed by atoms with Gasteiger partial charge in [0.05, 0.1) is 17.2 Å². The molecule has 94 valence electrons. The van der Waals surface area contributed by atoms with Crippen molar-refractivity contribution in [2.45, 2.75) is 13.5 Å². The number of hydrogen-bond donors (Lipinski definition) is 0. The zero-order valence-electron chi connectivity index (χ0n) is 10.1. The molecule has 0 saturated carbocycles. The average Bonchev–Trinajstić information content (AvgIpc) is 2.75. The van der Waals surface area contributed by atoms with Crippen LogP contribution in [-0.2, 0) is 6.54 Å². The van der Waals surface area contributed by atoms with Crippen LogP contribution >= 0.6 is 27.3 Å². The van der Waals surface area contributed by atoms with Crippen molar-refractivity contribution in [2.24, 2.45) is 0 Å². The lowest BCUT2D eigenvalue weighted by Gasteiger charge is -2.15. The summed E-state index contributed by atoms with van der Waals surface area (Å²) in [5.41, 5.74) is 1.35. The predicted molar refractivity (Wildman–Crippen MR) is 74.6 cm³/mol. The molecule has 0 N–H and O–H groups in total. The third-order valence-electron chi connectivity index (χ3n) is 2.36. The number of pyridine rings is 1. The Balaban J connectivity index is 2.07. The summed E-state index contributed by atoms with van der Waals surface area (Å²) in [4.78, 5) is 22.1. The first-order valence-corrected chi connectivity index (χ1v) is 7.01. The monoisotopic (exact) mass is 325 g/mol. The summed E-state index contributed by atoms with van der Waals surface area (Å²) in [7, 11) is 1.75. The third kappa shape index (κ3) is 3.14. The van der Waals surface area contributed by atoms with Gasteiger partial charge in [0.1, 0.15) is 5.69 Å². The van der Waals surface area contributed by atoms with Crippen LogP contribution in [0.1, 0.15) is 21.2 Å². The highest BCUT2D eigenvalue weighted by molar-refractivity contribution is 9.10. The minimum Gasteiger partial charge on any atom is -0.334 e. The molecule has 0 aromatic carbocycles. The summed E-state index contributed by atoms with van der Waals surface area (Å²) in [6, 6.07) is 3.51. The zero-order chi connectivity index (χ0) is 13.1. The standard InChI is InChI=1S/C12H12BrN3OS/c1-8-15-10(7-18-8)6-16(2)12(17)11-4-3-9(13)5-14-11/h3-5,7H,6H2,1-2H3. The number of hydrogen-bond acceptors (Lipinski definition) is 4. The summed E-state index contributed by atoms with van der Waals surface area (Å²) in [5.74, 6) is -0.104. The maximum Gasteiger partial charge on any atom is 0.272 e. The summed E-state index contributed by atoms with van der Waals surface area (Å²) < 4.78 is 0.858. The van der Waals surface area contributed by atoms with Crippen molar-refractivity contribution in [1.82, 2.24) is 14.9 Å². The minimum absolute atomic E-state index is 0.104. The second-order valence-corrected chi connectivity index (χ2v) is 5.86. The molecule has 0 saturated heterocycles. The number of carbonyl (C=O) groups excluding carboxylic acids is 1. The molecule has 0 aliphatic rings. The van der Waals surface area contributed by atoms with Gasteiger partial charge in [-0.2, -0.15) is 0 Å². The number of nitrogens with zero attached hydrogens (tertiary/aromatic N) is 3. The van der Waals surface area contributed by atoms with Gasteiger partial charge >= 0.3 is 0 Å². The summed E-state index contributed by atoms with van der Waals surface area (Å²) in [6.07, 6.45) is 1.62. The van der Waals surface area contributed by atoms with Crippen LogP contribution < -0.4 is 0 Å². The molecule has 0 fully saturated rings. The molecule has 1 amide bonds. The van der Waals surface area contributed by atoms with E-state index in [2.05, 4.69) is 25.9 Å². The van der Waals surface area contributed by atoms with Crippen molar-refractivity contribution in [3.8, 4) is 0 Å². The summed E-state index contributed by atoms with van der Waals surface area (Å²) in [6.45, 7) is 2.45. The normalized spacial score (nSPS) is 10.4. The lowest BCUT2D eigenvalue weighted by Crippen LogP contribution is -2.27. The first-order valence-electron chi connectivity index (χ1n) is 5.34. The maximum absolute atomic E-state index is 12.1. The van der Waals surface area contributed by atoms with Crippen LogP contribution in [0.5, 0.6) is 0 Å². The fourth-order valence-electron chi connectivity index (χ4n) is 1.49. The summed E-state index contributed by atoms with van der Waals surface area (Å²) >= 11 is 4.88. The Morgan fingerprint density at radius 3 is 2.83 bits per heavy atom. The number of halogens is 1. The largest absolute Gasteiger partial charge is 0.334 e. The number of carbonyl (C=O) groups is 1. The second kappa shape index (κ2) is 5.58. The Labute approximate surface area is 118 Å². The lowest BCUT2D eigenvalue weighted by atomic mass is 10.3. The molecule has 0 aliphatic heterocycles. The smallest absolute Gasteiger partial charge is 0.272 e. The fraction of sp³-hybridized carbons (Fsp3) is 0.250. The number of amides is 1. The van der Waals surface area contributed by atoms with Gasteiger partial charge in [-0.15, -0.1) is 11.3 Å². The molecule has 0 bridgehead atoms. The Morgan fingerprint density at radius 1 is 1.50 bits per heavy atom. The van der Waals surface area contributed by atoms with E-state index >= 15 is 0 Å². The molecule has 0 spiro atoms. The van der Waals surface area contributed by atoms with Crippen molar-refractivity contribution < 1.29 is 4.79 Å². The molecule has 4 nitrogen and oxygen atoms in total. The molecule has 18 heavy (non-hydrogen) atoms. The van der Waals surface area contributed by atoms with Gasteiger partial charge in [-0.05, 0) is 35.0 Å². The van der Waals surface area contributed by atoms with Crippen molar-refractivity contribution in [1.29, 1.82) is 0 Å². The van der Waals surface area contributed by atoms with E-state index < -0.39 is 0 Å². The molecular formula is C12H12BrN3OS. The second-order valence-electron chi connectivity index (χ2n) is 3.88. The van der Waals surface area contributed by atoms with Gasteiger partial charge in [0.15, 0.2) is 0 Å². The Kier molecular flexibility index (Phi) is 4.08. The Morgan fingerprint density at radius 2 is 2.28 bits per heavy atom. The highest BCUT2D eigenvalue weighted by atomic mass is 79.9. The van der Waals surface area contributed by atoms with Gasteiger partial charge in [0.25, 0.3) is 5.91 Å². The molecule has 2 heterocycles. The maximum atomic E-state index is 12.1. The first-order chi connectivity index (χ1) is 8.56. The SMILES string of the molecule is Cc1nc(CN(C)C(=O)c2ccc(Br)cn2)cs1. The van der Waals surface area contributed by atoms with Crippen LogP contribution in [0.3, 0.4) is 0 Å². The molecular weight excluding hydrogens is 314 g/mol. The lowest BCUT2D eigenvalue weighted by molar-refractivity contribution is 0.0778. The van der Waals surface area contributed by atoms with Gasteiger partial charge in [-0.1, -0.05) is 0 Å². The molecule has 0 atom stereocenters. The quantitative estimate of drug-likeness (QED) is 0.871. The average molecular weight is 326 g/mol. The number of aromatic nitrogens is 2. The molecule has 6 heteroatoms. The number of thiazole rings is 1. The highest BCUT2D eigenvalue weighted by Crippen LogP contribution is 2.12. The molecule has 0 unspecified atom stereocenters. The van der Waals surface area contributed by atoms with Crippen molar-refractivity contribution in [3.05, 3.63) is 44.6 Å². The van der Waals surface area contributed by atoms with Crippen molar-refractivity contribution in [3.63, 3.8) is 0 Å². The van der Waals surface area contributed by atoms with E-state index in [0.717, 1.165) is 15.2 Å². The van der Waals surface area contributed by atoms with Gasteiger partial charge in [0.2, 0.25) is 0 Å². The molecule has 0 radical (unpaired) electrons. The zero-order valence-corrected chi connectivity index (χ0v) is 12.5. The molecule has 2 aromatic heterocycles. The Bertz CT molecular complexity index is 553. The highest BCUT2D eigenvalue weighted by Gasteiger charge is 2.14. The fourth-order valence-corrected chi connectivity index (χ4v) is 2.33. The van der Waals surface area contributed by atoms with E-state index in [1.165, 1.54) is 0 Å². The molecule has 2 aromatic rings. The summed E-state index contributed by atoms with van der Waals surface area (Å²) in [5, 5.41) is 2.97. The predicted octanol–water partition coefficient (Wildman–Crippen LogP) is 2.88. The van der Waals surface area contributed by atoms with Crippen LogP contribution in [-0.4, -0.2) is 27.8 Å². The van der Waals surface area contributed by atoms with E-state index in [-0.39, 0.29) is 5.91 Å². The first kappa shape index (κ1) is 13.2. The van der Waals surface area contributed by atoms with Crippen molar-refractivity contribution >= 4 is 33.2 Å². The number of aryl methyl sites for hydroxylation is 1. The van der Waals surface area contributed by atoms with Crippen LogP contribution in [0.2, 0.25) is 0 Å². The van der Waals surface area contributed by atoms with Crippen LogP contribution in [0, 0.1) is 6.92 Å². The van der Waals surface area contributed by atoms with Crippen molar-refractivity contribution in [2.75, 3.05) is 7.05 Å². The van der Waals surface area contributed by atoms with E-state index in [4.69, 9.17) is 0 Å². The van der Waals surface area contributed by atoms with Crippen LogP contribution in [0.25, 0.3) is 0 Å². The molecule has 2 rings (SSSR count). The Hall–Kier alpha value is -1.27. The van der Waals surface area contributed by atoms with Gasteiger partial charge < -0.3 is 4.90 Å². The van der Waals surface area contributed by atoms with Crippen LogP contribution in [0.15, 0.2) is 28.2 Å².